The number of carbonyl (C=O) groups excluding carboxylic acids is 3. The van der Waals surface area contributed by atoms with Crippen LogP contribution in [0.4, 0.5) is 17.1 Å². The van der Waals surface area contributed by atoms with Crippen LogP contribution in [0.25, 0.3) is 0 Å². The molecule has 0 aromatic heterocycles. The van der Waals surface area contributed by atoms with Crippen molar-refractivity contribution in [3.63, 3.8) is 0 Å². The summed E-state index contributed by atoms with van der Waals surface area (Å²) in [5.74, 6) is -1.33. The van der Waals surface area contributed by atoms with Crippen LogP contribution in [0, 0.1) is 13.8 Å². The molecule has 1 amide bonds. The fraction of sp³-hybridized carbons (Fsp3) is 0.344. The monoisotopic (exact) mass is 614 g/mol. The number of carbonyl (C=O) groups is 3. The highest BCUT2D eigenvalue weighted by Gasteiger charge is 2.28. The van der Waals surface area contributed by atoms with Gasteiger partial charge in [-0.25, -0.2) is 4.79 Å². The van der Waals surface area contributed by atoms with Crippen LogP contribution in [0.5, 0.6) is 0 Å². The van der Waals surface area contributed by atoms with E-state index < -0.39 is 18.5 Å². The van der Waals surface area contributed by atoms with Crippen molar-refractivity contribution < 1.29 is 28.3 Å². The van der Waals surface area contributed by atoms with E-state index in [0.29, 0.717) is 51.1 Å². The number of ether oxygens (including phenoxy) is 2. The Balaban J connectivity index is 1.48. The highest BCUT2D eigenvalue weighted by molar-refractivity contribution is 6.39. The molecule has 3 rings (SSSR count). The molecule has 2 N–H and O–H groups in total. The summed E-state index contributed by atoms with van der Waals surface area (Å²) in [5, 5.41) is 7.10. The first-order valence-electron chi connectivity index (χ1n) is 13.9. The van der Waals surface area contributed by atoms with Crippen molar-refractivity contribution >= 4 is 58.1 Å². The van der Waals surface area contributed by atoms with Crippen molar-refractivity contribution in [2.75, 3.05) is 50.0 Å². The maximum atomic E-state index is 12.9. The average molecular weight is 616 g/mol. The Bertz CT molecular complexity index is 1370. The van der Waals surface area contributed by atoms with Gasteiger partial charge in [-0.05, 0) is 62.6 Å². The topological polar surface area (TPSA) is 93.7 Å². The van der Waals surface area contributed by atoms with Crippen LogP contribution < -0.4 is 10.6 Å². The van der Waals surface area contributed by atoms with E-state index in [1.54, 1.807) is 36.4 Å². The van der Waals surface area contributed by atoms with Crippen molar-refractivity contribution in [3.05, 3.63) is 87.4 Å². The first-order chi connectivity index (χ1) is 20.1. The normalized spacial score (nSPS) is 11.1. The molecule has 42 heavy (non-hydrogen) atoms. The third kappa shape index (κ3) is 9.21. The number of nitrogens with zero attached hydrogens (tertiary/aromatic N) is 1. The second kappa shape index (κ2) is 15.6. The molecule has 0 heterocycles. The molecule has 0 bridgehead atoms. The number of amides is 1. The number of hydrogen-bond acceptors (Lipinski definition) is 6. The van der Waals surface area contributed by atoms with E-state index in [2.05, 4.69) is 10.6 Å². The van der Waals surface area contributed by atoms with Gasteiger partial charge in [-0.3, -0.25) is 9.59 Å². The molecule has 8 nitrogen and oxygen atoms in total. The molecule has 0 spiro atoms. The zero-order valence-electron chi connectivity index (χ0n) is 24.5. The largest absolute Gasteiger partial charge is 0.457 e. The number of benzene rings is 3. The van der Waals surface area contributed by atoms with E-state index in [9.17, 15) is 14.4 Å². The summed E-state index contributed by atoms with van der Waals surface area (Å²) >= 11 is 12.5. The van der Waals surface area contributed by atoms with Gasteiger partial charge in [0.1, 0.15) is 13.2 Å². The minimum atomic E-state index is -0.650. The molecule has 0 saturated carbocycles. The number of rotatable bonds is 14. The zero-order valence-corrected chi connectivity index (χ0v) is 26.0. The Morgan fingerprint density at radius 2 is 1.40 bits per heavy atom. The zero-order chi connectivity index (χ0) is 30.7. The third-order valence-corrected chi connectivity index (χ3v) is 7.95. The summed E-state index contributed by atoms with van der Waals surface area (Å²) in [6, 6.07) is 18.2. The lowest BCUT2D eigenvalue weighted by Crippen LogP contribution is -2.54. The number of para-hydroxylation sites is 3. The van der Waals surface area contributed by atoms with Gasteiger partial charge < -0.3 is 24.6 Å². The van der Waals surface area contributed by atoms with Crippen LogP contribution in [-0.2, 0) is 30.3 Å². The molecule has 10 heteroatoms. The number of likely N-dealkylation sites (N-methyl/N-ethyl adjacent to an activating group) is 1. The van der Waals surface area contributed by atoms with Crippen LogP contribution in [0.2, 0.25) is 10.0 Å². The maximum Gasteiger partial charge on any atom is 0.344 e. The minimum Gasteiger partial charge on any atom is -0.457 e. The predicted molar refractivity (Wildman–Crippen MR) is 167 cm³/mol. The molecule has 0 aliphatic carbocycles. The summed E-state index contributed by atoms with van der Waals surface area (Å²) in [6.07, 6.45) is -0.0698. The van der Waals surface area contributed by atoms with E-state index in [1.807, 2.05) is 52.0 Å². The van der Waals surface area contributed by atoms with Gasteiger partial charge in [-0.15, -0.1) is 0 Å². The third-order valence-electron chi connectivity index (χ3n) is 7.32. The van der Waals surface area contributed by atoms with Crippen LogP contribution >= 0.6 is 23.2 Å². The maximum absolute atomic E-state index is 12.9. The SMILES string of the molecule is CC[N+](CC)(CCOC(=O)COC(=O)Cc1ccccc1Nc1c(Cl)cccc1Cl)CC(=O)Nc1c(C)cccc1C. The van der Waals surface area contributed by atoms with Crippen LogP contribution in [-0.4, -0.2) is 61.7 Å². The molecular weight excluding hydrogens is 577 g/mol. The van der Waals surface area contributed by atoms with Gasteiger partial charge in [-0.1, -0.05) is 65.7 Å². The fourth-order valence-electron chi connectivity index (χ4n) is 4.63. The van der Waals surface area contributed by atoms with E-state index in [-0.39, 0.29) is 25.5 Å². The smallest absolute Gasteiger partial charge is 0.344 e. The highest BCUT2D eigenvalue weighted by Crippen LogP contribution is 2.33. The molecule has 0 saturated heterocycles. The number of halogens is 2. The second-order valence-electron chi connectivity index (χ2n) is 10.1. The van der Waals surface area contributed by atoms with Gasteiger partial charge >= 0.3 is 11.9 Å². The quantitative estimate of drug-likeness (QED) is 0.159. The molecule has 0 aliphatic rings. The van der Waals surface area contributed by atoms with Crippen molar-refractivity contribution in [1.29, 1.82) is 0 Å². The molecule has 224 valence electrons. The molecular formula is C32H38Cl2N3O5+. The molecule has 0 fully saturated rings. The summed E-state index contributed by atoms with van der Waals surface area (Å²) in [4.78, 5) is 37.8. The van der Waals surface area contributed by atoms with E-state index in [1.165, 1.54) is 0 Å². The van der Waals surface area contributed by atoms with Gasteiger partial charge in [0.2, 0.25) is 0 Å². The van der Waals surface area contributed by atoms with Crippen LogP contribution in [0.3, 0.4) is 0 Å². The van der Waals surface area contributed by atoms with E-state index >= 15 is 0 Å². The molecule has 3 aromatic carbocycles. The number of aryl methyl sites for hydroxylation is 2. The predicted octanol–water partition coefficient (Wildman–Crippen LogP) is 6.48. The van der Waals surface area contributed by atoms with Gasteiger partial charge in [-0.2, -0.15) is 0 Å². The second-order valence-corrected chi connectivity index (χ2v) is 10.9. The number of anilines is 3. The number of nitrogens with one attached hydrogen (secondary N) is 2. The lowest BCUT2D eigenvalue weighted by Gasteiger charge is -2.36. The number of esters is 2. The summed E-state index contributed by atoms with van der Waals surface area (Å²) in [7, 11) is 0. The molecule has 0 unspecified atom stereocenters. The Kier molecular flexibility index (Phi) is 12.2. The number of quaternary nitrogens is 1. The van der Waals surface area contributed by atoms with Crippen LogP contribution in [0.15, 0.2) is 60.7 Å². The Morgan fingerprint density at radius 1 is 0.786 bits per heavy atom. The van der Waals surface area contributed by atoms with Gasteiger partial charge in [0.25, 0.3) is 5.91 Å². The minimum absolute atomic E-state index is 0.0698. The Morgan fingerprint density at radius 3 is 2.05 bits per heavy atom. The molecule has 0 radical (unpaired) electrons. The van der Waals surface area contributed by atoms with Gasteiger partial charge in [0.15, 0.2) is 13.2 Å². The highest BCUT2D eigenvalue weighted by atomic mass is 35.5. The fourth-order valence-corrected chi connectivity index (χ4v) is 5.12. The van der Waals surface area contributed by atoms with Crippen molar-refractivity contribution in [1.82, 2.24) is 0 Å². The van der Waals surface area contributed by atoms with Crippen LogP contribution in [0.1, 0.15) is 30.5 Å². The molecule has 0 atom stereocenters. The summed E-state index contributed by atoms with van der Waals surface area (Å²) in [5.41, 5.74) is 4.65. The van der Waals surface area contributed by atoms with Crippen molar-refractivity contribution in [2.24, 2.45) is 0 Å². The molecule has 0 aliphatic heterocycles. The molecule has 3 aromatic rings. The lowest BCUT2D eigenvalue weighted by molar-refractivity contribution is -0.917. The van der Waals surface area contributed by atoms with Gasteiger partial charge in [0, 0.05) is 11.4 Å². The van der Waals surface area contributed by atoms with E-state index in [4.69, 9.17) is 32.7 Å². The number of hydrogen-bond donors (Lipinski definition) is 2. The summed E-state index contributed by atoms with van der Waals surface area (Å²) < 4.78 is 11.0. The Hall–Kier alpha value is -3.59. The first kappa shape index (κ1) is 32.9. The van der Waals surface area contributed by atoms with Crippen molar-refractivity contribution in [2.45, 2.75) is 34.1 Å². The average Bonchev–Trinajstić information content (AvgIpc) is 2.96. The van der Waals surface area contributed by atoms with Gasteiger partial charge in [0.05, 0.1) is 35.2 Å². The summed E-state index contributed by atoms with van der Waals surface area (Å²) in [6.45, 7) is 9.61. The lowest BCUT2D eigenvalue weighted by atomic mass is 10.1. The first-order valence-corrected chi connectivity index (χ1v) is 14.6. The van der Waals surface area contributed by atoms with E-state index in [0.717, 1.165) is 16.8 Å². The standard InChI is InChI=1S/C32H37Cl2N3O5/c1-5-37(6-2,20-28(38)36-31-22(3)11-9-12-23(31)4)17-18-41-30(40)21-42-29(39)19-24-13-7-8-16-27(24)35-32-25(33)14-10-15-26(32)34/h7-16,35H,5-6,17-21H2,1-4H3/p+1. The Labute approximate surface area is 257 Å². The van der Waals surface area contributed by atoms with Crippen molar-refractivity contribution in [3.8, 4) is 0 Å².